The number of benzene rings is 1. The van der Waals surface area contributed by atoms with Gasteiger partial charge in [-0.05, 0) is 30.7 Å². The number of rotatable bonds is 6. The molecule has 1 aromatic carbocycles. The van der Waals surface area contributed by atoms with Crippen LogP contribution in [0.2, 0.25) is 0 Å². The van der Waals surface area contributed by atoms with Crippen LogP contribution in [0.1, 0.15) is 31.7 Å². The number of hydrogen-bond donors (Lipinski definition) is 2. The highest BCUT2D eigenvalue weighted by Crippen LogP contribution is 2.12. The van der Waals surface area contributed by atoms with Crippen LogP contribution in [-0.4, -0.2) is 49.9 Å². The van der Waals surface area contributed by atoms with Crippen LogP contribution in [0, 0.1) is 11.8 Å². The number of likely N-dealkylation sites (tertiary alicyclic amines) is 1. The molecule has 9 heteroatoms. The monoisotopic (exact) mass is 391 g/mol. The molecule has 1 aromatic rings. The SMILES string of the molecule is CC(=O)Nc1ccc(C#CCNS(=O)(=O)CCN2C(=O)CCCC2=O)cc1. The van der Waals surface area contributed by atoms with E-state index in [1.807, 2.05) is 0 Å². The predicted octanol–water partition coefficient (Wildman–Crippen LogP) is 0.455. The molecule has 3 amide bonds. The van der Waals surface area contributed by atoms with Gasteiger partial charge in [-0.3, -0.25) is 19.3 Å². The molecule has 2 rings (SSSR count). The van der Waals surface area contributed by atoms with Gasteiger partial charge in [-0.25, -0.2) is 13.1 Å². The van der Waals surface area contributed by atoms with E-state index in [4.69, 9.17) is 0 Å². The first-order valence-electron chi connectivity index (χ1n) is 8.44. The molecule has 0 aromatic heterocycles. The van der Waals surface area contributed by atoms with Gasteiger partial charge in [-0.2, -0.15) is 0 Å². The summed E-state index contributed by atoms with van der Waals surface area (Å²) in [6.45, 7) is 1.18. The summed E-state index contributed by atoms with van der Waals surface area (Å²) in [5.74, 6) is 4.33. The molecule has 0 unspecified atom stereocenters. The molecule has 0 spiro atoms. The number of amides is 3. The lowest BCUT2D eigenvalue weighted by Gasteiger charge is -2.24. The van der Waals surface area contributed by atoms with E-state index in [1.54, 1.807) is 24.3 Å². The first kappa shape index (κ1) is 20.6. The lowest BCUT2D eigenvalue weighted by atomic mass is 10.1. The second-order valence-corrected chi connectivity index (χ2v) is 7.92. The summed E-state index contributed by atoms with van der Waals surface area (Å²) in [4.78, 5) is 35.3. The number of carbonyl (C=O) groups excluding carboxylic acids is 3. The van der Waals surface area contributed by atoms with Crippen molar-refractivity contribution >= 4 is 33.4 Å². The van der Waals surface area contributed by atoms with Gasteiger partial charge in [0.25, 0.3) is 0 Å². The van der Waals surface area contributed by atoms with E-state index in [-0.39, 0.29) is 49.4 Å². The van der Waals surface area contributed by atoms with Crippen molar-refractivity contribution in [1.82, 2.24) is 9.62 Å². The number of imide groups is 1. The summed E-state index contributed by atoms with van der Waals surface area (Å²) in [5.41, 5.74) is 1.32. The van der Waals surface area contributed by atoms with Crippen LogP contribution in [0.4, 0.5) is 5.69 Å². The van der Waals surface area contributed by atoms with Crippen LogP contribution in [0.15, 0.2) is 24.3 Å². The van der Waals surface area contributed by atoms with Gasteiger partial charge < -0.3 is 5.32 Å². The molecule has 1 heterocycles. The standard InChI is InChI=1S/C18H21N3O5S/c1-14(22)20-16-9-7-15(8-10-16)4-3-11-19-27(25,26)13-12-21-17(23)5-2-6-18(21)24/h7-10,19H,2,5-6,11-13H2,1H3,(H,20,22). The van der Waals surface area contributed by atoms with Crippen molar-refractivity contribution in [3.63, 3.8) is 0 Å². The van der Waals surface area contributed by atoms with Gasteiger partial charge in [0.15, 0.2) is 0 Å². The van der Waals surface area contributed by atoms with Crippen molar-refractivity contribution in [2.24, 2.45) is 0 Å². The van der Waals surface area contributed by atoms with Crippen LogP contribution in [0.3, 0.4) is 0 Å². The molecule has 1 fully saturated rings. The Morgan fingerprint density at radius 3 is 2.37 bits per heavy atom. The van der Waals surface area contributed by atoms with Gasteiger partial charge in [-0.15, -0.1) is 0 Å². The number of hydrogen-bond acceptors (Lipinski definition) is 5. The summed E-state index contributed by atoms with van der Waals surface area (Å²) in [6, 6.07) is 6.81. The highest BCUT2D eigenvalue weighted by atomic mass is 32.2. The fourth-order valence-electron chi connectivity index (χ4n) is 2.47. The molecule has 0 bridgehead atoms. The van der Waals surface area contributed by atoms with E-state index in [0.29, 0.717) is 17.7 Å². The molecular weight excluding hydrogens is 370 g/mol. The molecular formula is C18H21N3O5S. The summed E-state index contributed by atoms with van der Waals surface area (Å²) in [7, 11) is -3.65. The van der Waals surface area contributed by atoms with E-state index in [9.17, 15) is 22.8 Å². The van der Waals surface area contributed by atoms with Crippen molar-refractivity contribution in [3.05, 3.63) is 29.8 Å². The Bertz CT molecular complexity index is 866. The maximum Gasteiger partial charge on any atom is 0.229 e. The van der Waals surface area contributed by atoms with Crippen molar-refractivity contribution in [1.29, 1.82) is 0 Å². The van der Waals surface area contributed by atoms with E-state index in [2.05, 4.69) is 21.9 Å². The zero-order chi connectivity index (χ0) is 19.9. The van der Waals surface area contributed by atoms with Gasteiger partial charge >= 0.3 is 0 Å². The normalized spacial score (nSPS) is 14.5. The Morgan fingerprint density at radius 2 is 1.78 bits per heavy atom. The molecule has 0 saturated carbocycles. The Morgan fingerprint density at radius 1 is 1.15 bits per heavy atom. The van der Waals surface area contributed by atoms with Gasteiger partial charge in [-0.1, -0.05) is 11.8 Å². The minimum Gasteiger partial charge on any atom is -0.326 e. The number of piperidine rings is 1. The number of sulfonamides is 1. The summed E-state index contributed by atoms with van der Waals surface area (Å²) in [5, 5.41) is 2.64. The zero-order valence-electron chi connectivity index (χ0n) is 14.9. The number of nitrogens with zero attached hydrogens (tertiary/aromatic N) is 1. The minimum absolute atomic E-state index is 0.0856. The molecule has 27 heavy (non-hydrogen) atoms. The van der Waals surface area contributed by atoms with Crippen molar-refractivity contribution in [2.75, 3.05) is 24.2 Å². The van der Waals surface area contributed by atoms with Crippen LogP contribution >= 0.6 is 0 Å². The molecule has 1 aliphatic heterocycles. The maximum atomic E-state index is 12.0. The van der Waals surface area contributed by atoms with Crippen LogP contribution in [0.5, 0.6) is 0 Å². The third-order valence-corrected chi connectivity index (χ3v) is 5.09. The Balaban J connectivity index is 1.82. The molecule has 144 valence electrons. The van der Waals surface area contributed by atoms with E-state index < -0.39 is 10.0 Å². The summed E-state index contributed by atoms with van der Waals surface area (Å²) in [6.07, 6.45) is 1.05. The maximum absolute atomic E-state index is 12.0. The Kier molecular flexibility index (Phi) is 7.10. The Hall–Kier alpha value is -2.70. The average Bonchev–Trinajstić information content (AvgIpc) is 2.59. The highest BCUT2D eigenvalue weighted by molar-refractivity contribution is 7.89. The largest absolute Gasteiger partial charge is 0.326 e. The first-order valence-corrected chi connectivity index (χ1v) is 10.1. The second-order valence-electron chi connectivity index (χ2n) is 5.99. The van der Waals surface area contributed by atoms with Gasteiger partial charge in [0.05, 0.1) is 12.3 Å². The zero-order valence-corrected chi connectivity index (χ0v) is 15.8. The fraction of sp³-hybridized carbons (Fsp3) is 0.389. The van der Waals surface area contributed by atoms with E-state index in [0.717, 1.165) is 4.90 Å². The number of anilines is 1. The second kappa shape index (κ2) is 9.30. The van der Waals surface area contributed by atoms with E-state index in [1.165, 1.54) is 6.92 Å². The lowest BCUT2D eigenvalue weighted by Crippen LogP contribution is -2.44. The predicted molar refractivity (Wildman–Crippen MR) is 100.0 cm³/mol. The third-order valence-electron chi connectivity index (χ3n) is 3.79. The topological polar surface area (TPSA) is 113 Å². The number of nitrogens with one attached hydrogen (secondary N) is 2. The minimum atomic E-state index is -3.65. The van der Waals surface area contributed by atoms with Crippen molar-refractivity contribution in [3.8, 4) is 11.8 Å². The molecule has 0 atom stereocenters. The Labute approximate surface area is 158 Å². The van der Waals surface area contributed by atoms with Gasteiger partial charge in [0.2, 0.25) is 27.7 Å². The molecule has 1 saturated heterocycles. The molecule has 0 aliphatic carbocycles. The number of carbonyl (C=O) groups is 3. The van der Waals surface area contributed by atoms with Crippen LogP contribution < -0.4 is 10.0 Å². The summed E-state index contributed by atoms with van der Waals surface area (Å²) < 4.78 is 26.3. The third kappa shape index (κ3) is 6.84. The highest BCUT2D eigenvalue weighted by Gasteiger charge is 2.26. The molecule has 2 N–H and O–H groups in total. The smallest absolute Gasteiger partial charge is 0.229 e. The lowest BCUT2D eigenvalue weighted by molar-refractivity contribution is -0.147. The molecule has 0 radical (unpaired) electrons. The quantitative estimate of drug-likeness (QED) is 0.540. The molecule has 1 aliphatic rings. The van der Waals surface area contributed by atoms with Crippen molar-refractivity contribution in [2.45, 2.75) is 26.2 Å². The summed E-state index contributed by atoms with van der Waals surface area (Å²) >= 11 is 0. The van der Waals surface area contributed by atoms with Crippen LogP contribution in [-0.2, 0) is 24.4 Å². The first-order chi connectivity index (χ1) is 12.8. The molecule has 8 nitrogen and oxygen atoms in total. The average molecular weight is 391 g/mol. The van der Waals surface area contributed by atoms with Crippen molar-refractivity contribution < 1.29 is 22.8 Å². The van der Waals surface area contributed by atoms with E-state index >= 15 is 0 Å². The van der Waals surface area contributed by atoms with Crippen LogP contribution in [0.25, 0.3) is 0 Å². The fourth-order valence-corrected chi connectivity index (χ4v) is 3.32. The van der Waals surface area contributed by atoms with Gasteiger partial charge in [0.1, 0.15) is 0 Å². The van der Waals surface area contributed by atoms with Gasteiger partial charge in [0, 0.05) is 37.6 Å².